The quantitative estimate of drug-likeness (QED) is 0.334. The van der Waals surface area contributed by atoms with Crippen LogP contribution in [0.2, 0.25) is 5.02 Å². The molecule has 204 valence electrons. The third kappa shape index (κ3) is 7.33. The number of amides is 2. The number of fused-ring (bicyclic) bond motifs is 1. The van der Waals surface area contributed by atoms with Crippen LogP contribution >= 0.6 is 11.6 Å². The Balaban J connectivity index is 1.39. The van der Waals surface area contributed by atoms with Crippen LogP contribution in [0.3, 0.4) is 0 Å². The number of carbonyl (C=O) groups excluding carboxylic acids is 2. The molecule has 3 aromatic carbocycles. The van der Waals surface area contributed by atoms with E-state index < -0.39 is 6.04 Å². The van der Waals surface area contributed by atoms with Crippen LogP contribution in [0.15, 0.2) is 72.8 Å². The van der Waals surface area contributed by atoms with E-state index in [-0.39, 0.29) is 31.1 Å². The Hall–Kier alpha value is -3.51. The summed E-state index contributed by atoms with van der Waals surface area (Å²) in [6.45, 7) is 0.538. The van der Waals surface area contributed by atoms with Gasteiger partial charge in [-0.05, 0) is 60.2 Å². The SMILES string of the molecule is O=C(NC1CCCCC1)[C@H](Cc1ccccc1)N(Cc1ccc(Cl)cc1)C(=O)CCc1ccc2c(c1)OCO2. The molecule has 1 saturated carbocycles. The van der Waals surface area contributed by atoms with Crippen LogP contribution < -0.4 is 14.8 Å². The molecular formula is C32H35ClN2O4. The summed E-state index contributed by atoms with van der Waals surface area (Å²) in [4.78, 5) is 29.5. The maximum Gasteiger partial charge on any atom is 0.243 e. The van der Waals surface area contributed by atoms with Crippen LogP contribution in [0.25, 0.3) is 0 Å². The first-order valence-electron chi connectivity index (χ1n) is 13.8. The maximum absolute atomic E-state index is 13.9. The summed E-state index contributed by atoms with van der Waals surface area (Å²) in [5.41, 5.74) is 2.94. The molecule has 2 aliphatic rings. The number of halogens is 1. The Morgan fingerprint density at radius 2 is 1.59 bits per heavy atom. The third-order valence-corrected chi connectivity index (χ3v) is 7.81. The van der Waals surface area contributed by atoms with Gasteiger partial charge in [0, 0.05) is 30.5 Å². The van der Waals surface area contributed by atoms with E-state index in [1.807, 2.05) is 72.8 Å². The van der Waals surface area contributed by atoms with Crippen molar-refractivity contribution in [2.45, 2.75) is 70.0 Å². The van der Waals surface area contributed by atoms with Crippen molar-refractivity contribution in [3.05, 3.63) is 94.5 Å². The first-order valence-corrected chi connectivity index (χ1v) is 14.2. The predicted octanol–water partition coefficient (Wildman–Crippen LogP) is 6.09. The molecule has 0 aromatic heterocycles. The number of carbonyl (C=O) groups is 2. The minimum Gasteiger partial charge on any atom is -0.454 e. The van der Waals surface area contributed by atoms with Gasteiger partial charge in [-0.1, -0.05) is 79.4 Å². The average Bonchev–Trinajstić information content (AvgIpc) is 3.44. The summed E-state index contributed by atoms with van der Waals surface area (Å²) < 4.78 is 10.9. The molecule has 1 heterocycles. The second kappa shape index (κ2) is 13.0. The minimum atomic E-state index is -0.630. The second-order valence-corrected chi connectivity index (χ2v) is 10.8. The van der Waals surface area contributed by atoms with Gasteiger partial charge in [-0.2, -0.15) is 0 Å². The lowest BCUT2D eigenvalue weighted by molar-refractivity contribution is -0.141. The van der Waals surface area contributed by atoms with Gasteiger partial charge in [0.05, 0.1) is 0 Å². The summed E-state index contributed by atoms with van der Waals surface area (Å²) in [6, 6.07) is 22.7. The van der Waals surface area contributed by atoms with Gasteiger partial charge < -0.3 is 19.7 Å². The van der Waals surface area contributed by atoms with Crippen molar-refractivity contribution >= 4 is 23.4 Å². The van der Waals surface area contributed by atoms with Crippen molar-refractivity contribution in [3.63, 3.8) is 0 Å². The predicted molar refractivity (Wildman–Crippen MR) is 152 cm³/mol. The van der Waals surface area contributed by atoms with Gasteiger partial charge in [-0.15, -0.1) is 0 Å². The van der Waals surface area contributed by atoms with Crippen molar-refractivity contribution < 1.29 is 19.1 Å². The number of nitrogens with zero attached hydrogens (tertiary/aromatic N) is 1. The molecule has 0 radical (unpaired) electrons. The highest BCUT2D eigenvalue weighted by Crippen LogP contribution is 2.33. The Kier molecular flexibility index (Phi) is 9.04. The van der Waals surface area contributed by atoms with Gasteiger partial charge >= 0.3 is 0 Å². The normalized spacial score (nSPS) is 15.5. The fourth-order valence-electron chi connectivity index (χ4n) is 5.38. The van der Waals surface area contributed by atoms with Gasteiger partial charge in [0.15, 0.2) is 11.5 Å². The summed E-state index contributed by atoms with van der Waals surface area (Å²) in [7, 11) is 0. The van der Waals surface area contributed by atoms with Crippen LogP contribution in [-0.4, -0.2) is 35.6 Å². The fourth-order valence-corrected chi connectivity index (χ4v) is 5.50. The number of aryl methyl sites for hydroxylation is 1. The zero-order chi connectivity index (χ0) is 27.0. The smallest absolute Gasteiger partial charge is 0.243 e. The number of ether oxygens (including phenoxy) is 2. The Morgan fingerprint density at radius 1 is 0.872 bits per heavy atom. The highest BCUT2D eigenvalue weighted by molar-refractivity contribution is 6.30. The molecule has 1 atom stereocenters. The molecule has 0 bridgehead atoms. The third-order valence-electron chi connectivity index (χ3n) is 7.55. The molecule has 39 heavy (non-hydrogen) atoms. The summed E-state index contributed by atoms with van der Waals surface area (Å²) in [6.07, 6.45) is 6.68. The lowest BCUT2D eigenvalue weighted by Crippen LogP contribution is -2.52. The van der Waals surface area contributed by atoms with Crippen LogP contribution in [0, 0.1) is 0 Å². The van der Waals surface area contributed by atoms with Crippen molar-refractivity contribution in [3.8, 4) is 11.5 Å². The zero-order valence-electron chi connectivity index (χ0n) is 22.1. The number of nitrogens with one attached hydrogen (secondary N) is 1. The number of benzene rings is 3. The number of hydrogen-bond donors (Lipinski definition) is 1. The molecule has 7 heteroatoms. The molecule has 5 rings (SSSR count). The molecule has 2 amide bonds. The molecule has 0 unspecified atom stereocenters. The minimum absolute atomic E-state index is 0.0673. The van der Waals surface area contributed by atoms with E-state index in [9.17, 15) is 9.59 Å². The monoisotopic (exact) mass is 546 g/mol. The lowest BCUT2D eigenvalue weighted by atomic mass is 9.94. The molecule has 0 spiro atoms. The van der Waals surface area contributed by atoms with Crippen molar-refractivity contribution in [1.82, 2.24) is 10.2 Å². The Morgan fingerprint density at radius 3 is 2.36 bits per heavy atom. The molecule has 0 saturated heterocycles. The van der Waals surface area contributed by atoms with Crippen LogP contribution in [0.5, 0.6) is 11.5 Å². The topological polar surface area (TPSA) is 67.9 Å². The summed E-state index contributed by atoms with van der Waals surface area (Å²) >= 11 is 6.13. The molecule has 3 aromatic rings. The van der Waals surface area contributed by atoms with Crippen LogP contribution in [0.4, 0.5) is 0 Å². The Bertz CT molecular complexity index is 1260. The van der Waals surface area contributed by atoms with Crippen molar-refractivity contribution in [2.75, 3.05) is 6.79 Å². The van der Waals surface area contributed by atoms with Gasteiger partial charge in [0.1, 0.15) is 6.04 Å². The van der Waals surface area contributed by atoms with E-state index in [1.54, 1.807) is 4.90 Å². The van der Waals surface area contributed by atoms with Gasteiger partial charge in [-0.25, -0.2) is 0 Å². The summed E-state index contributed by atoms with van der Waals surface area (Å²) in [5, 5.41) is 3.92. The fraction of sp³-hybridized carbons (Fsp3) is 0.375. The molecule has 1 aliphatic heterocycles. The number of rotatable bonds is 10. The maximum atomic E-state index is 13.9. The van der Waals surface area contributed by atoms with Gasteiger partial charge in [-0.3, -0.25) is 9.59 Å². The molecule has 1 aliphatic carbocycles. The van der Waals surface area contributed by atoms with Crippen molar-refractivity contribution in [2.24, 2.45) is 0 Å². The van der Waals surface area contributed by atoms with E-state index in [0.29, 0.717) is 30.2 Å². The van der Waals surface area contributed by atoms with Gasteiger partial charge in [0.2, 0.25) is 18.6 Å². The highest BCUT2D eigenvalue weighted by atomic mass is 35.5. The molecule has 6 nitrogen and oxygen atoms in total. The largest absolute Gasteiger partial charge is 0.454 e. The summed E-state index contributed by atoms with van der Waals surface area (Å²) in [5.74, 6) is 1.27. The van der Waals surface area contributed by atoms with E-state index in [0.717, 1.165) is 48.1 Å². The molecule has 1 N–H and O–H groups in total. The molecule has 1 fully saturated rings. The van der Waals surface area contributed by atoms with Crippen LogP contribution in [-0.2, 0) is 29.0 Å². The standard InChI is InChI=1S/C32H35ClN2O4/c33-26-15-11-25(12-16-26)21-35(31(36)18-14-24-13-17-29-30(20-24)39-22-38-29)28(19-23-7-3-1-4-8-23)32(37)34-27-9-5-2-6-10-27/h1,3-4,7-8,11-13,15-17,20,27-28H,2,5-6,9-10,14,18-19,21-22H2,(H,34,37)/t28-/m0/s1. The van der Waals surface area contributed by atoms with E-state index >= 15 is 0 Å². The van der Waals surface area contributed by atoms with Crippen molar-refractivity contribution in [1.29, 1.82) is 0 Å². The second-order valence-electron chi connectivity index (χ2n) is 10.4. The average molecular weight is 547 g/mol. The number of hydrogen-bond acceptors (Lipinski definition) is 4. The highest BCUT2D eigenvalue weighted by Gasteiger charge is 2.32. The first kappa shape index (κ1) is 27.1. The van der Waals surface area contributed by atoms with E-state index in [2.05, 4.69) is 5.32 Å². The van der Waals surface area contributed by atoms with Gasteiger partial charge in [0.25, 0.3) is 0 Å². The Labute approximate surface area is 235 Å². The molecular weight excluding hydrogens is 512 g/mol. The van der Waals surface area contributed by atoms with Crippen LogP contribution in [0.1, 0.15) is 55.2 Å². The van der Waals surface area contributed by atoms with E-state index in [1.165, 1.54) is 6.42 Å². The zero-order valence-corrected chi connectivity index (χ0v) is 22.9. The first-order chi connectivity index (χ1) is 19.0. The lowest BCUT2D eigenvalue weighted by Gasteiger charge is -2.33. The van der Waals surface area contributed by atoms with E-state index in [4.69, 9.17) is 21.1 Å².